The predicted molar refractivity (Wildman–Crippen MR) is 119 cm³/mol. The summed E-state index contributed by atoms with van der Waals surface area (Å²) in [6.07, 6.45) is 3.88. The van der Waals surface area contributed by atoms with Crippen LogP contribution in [-0.4, -0.2) is 33.4 Å². The normalized spacial score (nSPS) is 25.2. The number of aliphatic hydroxyl groups is 1. The molecule has 5 rings (SSSR count). The Morgan fingerprint density at radius 3 is 2.58 bits per heavy atom. The van der Waals surface area contributed by atoms with Gasteiger partial charge in [0.1, 0.15) is 0 Å². The number of fused-ring (bicyclic) bond motifs is 2. The van der Waals surface area contributed by atoms with E-state index in [2.05, 4.69) is 10.4 Å². The van der Waals surface area contributed by atoms with E-state index in [4.69, 9.17) is 11.6 Å². The van der Waals surface area contributed by atoms with Crippen molar-refractivity contribution in [2.45, 2.75) is 31.3 Å². The Morgan fingerprint density at radius 2 is 1.87 bits per heavy atom. The van der Waals surface area contributed by atoms with Crippen LogP contribution >= 0.6 is 11.6 Å². The number of rotatable bonds is 6. The van der Waals surface area contributed by atoms with Crippen LogP contribution in [0.3, 0.4) is 0 Å². The number of carbonyl (C=O) groups excluding carboxylic acids is 1. The zero-order chi connectivity index (χ0) is 21.5. The van der Waals surface area contributed by atoms with E-state index in [1.807, 2.05) is 28.9 Å². The van der Waals surface area contributed by atoms with E-state index < -0.39 is 0 Å². The van der Waals surface area contributed by atoms with Gasteiger partial charge in [-0.2, -0.15) is 5.10 Å². The van der Waals surface area contributed by atoms with Crippen molar-refractivity contribution in [1.82, 2.24) is 15.1 Å². The van der Waals surface area contributed by atoms with E-state index in [0.29, 0.717) is 40.1 Å². The summed E-state index contributed by atoms with van der Waals surface area (Å²) >= 11 is 5.92. The molecule has 2 N–H and O–H groups in total. The van der Waals surface area contributed by atoms with E-state index in [0.717, 1.165) is 18.4 Å². The first-order valence-electron chi connectivity index (χ1n) is 10.7. The van der Waals surface area contributed by atoms with Crippen LogP contribution < -0.4 is 10.7 Å². The standard InChI is InChI=1S/C24H24ClN3O3/c25-15-7-5-14(6-8-15)24(31)27-20(9-10-29)23-18-11-16(12-19(18)23)28-21-4-2-1-3-17(21)22(30)13-26-28/h1-8,13,16,18-20,23,29H,9-12H2,(H,27,31)/t16?,18-,19+,20?,23?. The Morgan fingerprint density at radius 1 is 1.16 bits per heavy atom. The first kappa shape index (κ1) is 20.2. The second-order valence-corrected chi connectivity index (χ2v) is 9.04. The summed E-state index contributed by atoms with van der Waals surface area (Å²) in [7, 11) is 0. The quantitative estimate of drug-likeness (QED) is 0.618. The third kappa shape index (κ3) is 3.75. The summed E-state index contributed by atoms with van der Waals surface area (Å²) < 4.78 is 1.99. The minimum atomic E-state index is -0.135. The predicted octanol–water partition coefficient (Wildman–Crippen LogP) is 3.43. The minimum absolute atomic E-state index is 0.0385. The number of aliphatic hydroxyl groups excluding tert-OH is 1. The number of nitrogens with one attached hydrogen (secondary N) is 1. The monoisotopic (exact) mass is 437 g/mol. The number of amides is 1. The molecule has 160 valence electrons. The van der Waals surface area contributed by atoms with Gasteiger partial charge in [0.05, 0.1) is 17.8 Å². The molecule has 0 bridgehead atoms. The zero-order valence-electron chi connectivity index (χ0n) is 16.9. The van der Waals surface area contributed by atoms with Crippen LogP contribution in [0.15, 0.2) is 59.5 Å². The molecule has 0 saturated heterocycles. The van der Waals surface area contributed by atoms with Crippen molar-refractivity contribution in [2.75, 3.05) is 6.61 Å². The molecule has 0 radical (unpaired) electrons. The van der Waals surface area contributed by atoms with Crippen LogP contribution in [0.4, 0.5) is 0 Å². The third-order valence-corrected chi connectivity index (χ3v) is 7.13. The molecule has 2 aromatic carbocycles. The summed E-state index contributed by atoms with van der Waals surface area (Å²) in [6.45, 7) is 0.0385. The van der Waals surface area contributed by atoms with Crippen LogP contribution in [0.1, 0.15) is 35.7 Å². The molecule has 7 heteroatoms. The van der Waals surface area contributed by atoms with Crippen molar-refractivity contribution < 1.29 is 9.90 Å². The highest BCUT2D eigenvalue weighted by atomic mass is 35.5. The Balaban J connectivity index is 1.29. The van der Waals surface area contributed by atoms with E-state index in [9.17, 15) is 14.7 Å². The molecule has 0 spiro atoms. The second kappa shape index (κ2) is 8.09. The van der Waals surface area contributed by atoms with Crippen molar-refractivity contribution in [3.63, 3.8) is 0 Å². The van der Waals surface area contributed by atoms with Gasteiger partial charge in [0, 0.05) is 28.6 Å². The topological polar surface area (TPSA) is 84.2 Å². The van der Waals surface area contributed by atoms with Crippen molar-refractivity contribution >= 4 is 28.4 Å². The Bertz CT molecular complexity index is 1160. The van der Waals surface area contributed by atoms with Gasteiger partial charge in [-0.3, -0.25) is 14.3 Å². The van der Waals surface area contributed by atoms with Crippen LogP contribution in [0.2, 0.25) is 5.02 Å². The van der Waals surface area contributed by atoms with Gasteiger partial charge in [-0.15, -0.1) is 0 Å². The molecular formula is C24H24ClN3O3. The van der Waals surface area contributed by atoms with Gasteiger partial charge < -0.3 is 10.4 Å². The number of nitrogens with zero attached hydrogens (tertiary/aromatic N) is 2. The maximum Gasteiger partial charge on any atom is 0.251 e. The van der Waals surface area contributed by atoms with Crippen molar-refractivity contribution in [1.29, 1.82) is 0 Å². The molecule has 31 heavy (non-hydrogen) atoms. The van der Waals surface area contributed by atoms with Gasteiger partial charge in [0.15, 0.2) is 0 Å². The molecule has 0 aliphatic heterocycles. The van der Waals surface area contributed by atoms with Gasteiger partial charge in [-0.25, -0.2) is 0 Å². The lowest BCUT2D eigenvalue weighted by atomic mass is 9.98. The molecule has 6 nitrogen and oxygen atoms in total. The summed E-state index contributed by atoms with van der Waals surface area (Å²) in [6, 6.07) is 14.6. The van der Waals surface area contributed by atoms with Gasteiger partial charge >= 0.3 is 0 Å². The van der Waals surface area contributed by atoms with Crippen molar-refractivity contribution in [3.8, 4) is 0 Å². The van der Waals surface area contributed by atoms with Gasteiger partial charge in [0.25, 0.3) is 5.91 Å². The molecule has 1 aromatic heterocycles. The molecule has 3 aromatic rings. The van der Waals surface area contributed by atoms with Crippen LogP contribution in [-0.2, 0) is 0 Å². The van der Waals surface area contributed by atoms with Gasteiger partial charge in [-0.05, 0) is 73.4 Å². The average Bonchev–Trinajstić information content (AvgIpc) is 3.27. The minimum Gasteiger partial charge on any atom is -0.396 e. The van der Waals surface area contributed by atoms with E-state index in [1.165, 1.54) is 6.20 Å². The molecule has 3 unspecified atom stereocenters. The molecule has 1 amide bonds. The fourth-order valence-corrected chi connectivity index (χ4v) is 5.56. The van der Waals surface area contributed by atoms with E-state index in [1.54, 1.807) is 24.3 Å². The summed E-state index contributed by atoms with van der Waals surface area (Å²) in [5, 5.41) is 18.4. The number of halogens is 1. The second-order valence-electron chi connectivity index (χ2n) is 8.60. The highest BCUT2D eigenvalue weighted by Gasteiger charge is 2.59. The largest absolute Gasteiger partial charge is 0.396 e. The van der Waals surface area contributed by atoms with Crippen LogP contribution in [0, 0.1) is 17.8 Å². The average molecular weight is 438 g/mol. The first-order valence-corrected chi connectivity index (χ1v) is 11.1. The number of para-hydroxylation sites is 1. The molecule has 2 saturated carbocycles. The summed E-state index contributed by atoms with van der Waals surface area (Å²) in [4.78, 5) is 24.8. The lowest BCUT2D eigenvalue weighted by Crippen LogP contribution is -2.38. The maximum atomic E-state index is 12.7. The number of aromatic nitrogens is 2. The Hall–Kier alpha value is -2.70. The van der Waals surface area contributed by atoms with E-state index in [-0.39, 0.29) is 30.0 Å². The summed E-state index contributed by atoms with van der Waals surface area (Å²) in [5.74, 6) is 1.22. The van der Waals surface area contributed by atoms with Crippen LogP contribution in [0.5, 0.6) is 0 Å². The molecule has 2 fully saturated rings. The van der Waals surface area contributed by atoms with Gasteiger partial charge in [0.2, 0.25) is 5.43 Å². The fraction of sp³-hybridized carbons (Fsp3) is 0.375. The van der Waals surface area contributed by atoms with Crippen molar-refractivity contribution in [3.05, 3.63) is 75.5 Å². The number of hydrogen-bond donors (Lipinski definition) is 2. The zero-order valence-corrected chi connectivity index (χ0v) is 17.7. The maximum absolute atomic E-state index is 12.7. The molecule has 5 atom stereocenters. The van der Waals surface area contributed by atoms with E-state index >= 15 is 0 Å². The molecule has 2 aliphatic rings. The summed E-state index contributed by atoms with van der Waals surface area (Å²) in [5.41, 5.74) is 1.39. The first-order chi connectivity index (χ1) is 15.1. The fourth-order valence-electron chi connectivity index (χ4n) is 5.43. The number of benzene rings is 2. The number of hydrogen-bond acceptors (Lipinski definition) is 4. The Kier molecular flexibility index (Phi) is 5.28. The number of carbonyl (C=O) groups is 1. The van der Waals surface area contributed by atoms with Gasteiger partial charge in [-0.1, -0.05) is 23.7 Å². The van der Waals surface area contributed by atoms with Crippen LogP contribution in [0.25, 0.3) is 10.9 Å². The molecule has 2 aliphatic carbocycles. The highest BCUT2D eigenvalue weighted by Crippen LogP contribution is 2.62. The Labute approximate surface area is 184 Å². The molecular weight excluding hydrogens is 414 g/mol. The lowest BCUT2D eigenvalue weighted by Gasteiger charge is -2.23. The third-order valence-electron chi connectivity index (χ3n) is 6.88. The smallest absolute Gasteiger partial charge is 0.251 e. The SMILES string of the molecule is O=C(NC(CCO)C1[C@H]2CC(n3ncc(=O)c4ccccc43)C[C@@H]12)c1ccc(Cl)cc1. The molecule has 1 heterocycles. The lowest BCUT2D eigenvalue weighted by molar-refractivity contribution is 0.0919. The van der Waals surface area contributed by atoms with Crippen molar-refractivity contribution in [2.24, 2.45) is 17.8 Å². The highest BCUT2D eigenvalue weighted by molar-refractivity contribution is 6.30.